The summed E-state index contributed by atoms with van der Waals surface area (Å²) >= 11 is 1.49. The van der Waals surface area contributed by atoms with Crippen LogP contribution in [0.25, 0.3) is 0 Å². The van der Waals surface area contributed by atoms with Crippen LogP contribution in [0.15, 0.2) is 0 Å². The second kappa shape index (κ2) is 9.58. The highest BCUT2D eigenvalue weighted by atomic mass is 32.2. The molecule has 0 aromatic carbocycles. The minimum Gasteiger partial charge on any atom is -0.480 e. The summed E-state index contributed by atoms with van der Waals surface area (Å²) in [7, 11) is 0. The Morgan fingerprint density at radius 2 is 2.06 bits per heavy atom. The lowest BCUT2D eigenvalue weighted by Crippen LogP contribution is -2.47. The molecule has 0 aliphatic carbocycles. The molecule has 0 aliphatic rings. The number of carboxylic acids is 1. The van der Waals surface area contributed by atoms with Crippen molar-refractivity contribution in [3.05, 3.63) is 0 Å². The van der Waals surface area contributed by atoms with Crippen molar-refractivity contribution in [1.29, 1.82) is 0 Å². The van der Waals surface area contributed by atoms with Crippen LogP contribution in [-0.4, -0.2) is 54.3 Å². The highest BCUT2D eigenvalue weighted by Gasteiger charge is 2.19. The van der Waals surface area contributed by atoms with Gasteiger partial charge in [0.25, 0.3) is 0 Å². The van der Waals surface area contributed by atoms with Gasteiger partial charge >= 0.3 is 18.0 Å². The summed E-state index contributed by atoms with van der Waals surface area (Å²) in [6.07, 6.45) is 2.17. The molecule has 0 bridgehead atoms. The number of carbonyl (C=O) groups excluding carboxylic acids is 2. The van der Waals surface area contributed by atoms with E-state index in [0.717, 1.165) is 0 Å². The van der Waals surface area contributed by atoms with Gasteiger partial charge in [-0.2, -0.15) is 11.8 Å². The summed E-state index contributed by atoms with van der Waals surface area (Å²) in [6, 6.07) is -1.66. The van der Waals surface area contributed by atoms with Crippen LogP contribution in [0, 0.1) is 0 Å². The molecule has 104 valence electrons. The van der Waals surface area contributed by atoms with Crippen LogP contribution in [0.5, 0.6) is 0 Å². The molecule has 0 aromatic heterocycles. The zero-order valence-electron chi connectivity index (χ0n) is 10.4. The number of thioether (sulfide) groups is 1. The van der Waals surface area contributed by atoms with Gasteiger partial charge in [0.1, 0.15) is 12.6 Å². The number of rotatable bonds is 8. The average molecular weight is 278 g/mol. The number of hydrogen-bond donors (Lipinski definition) is 3. The van der Waals surface area contributed by atoms with Crippen molar-refractivity contribution in [2.75, 3.05) is 25.2 Å². The van der Waals surface area contributed by atoms with Crippen molar-refractivity contribution in [3.63, 3.8) is 0 Å². The second-order valence-corrected chi connectivity index (χ2v) is 4.29. The number of nitrogens with one attached hydrogen (secondary N) is 2. The minimum absolute atomic E-state index is 0.230. The van der Waals surface area contributed by atoms with E-state index in [1.165, 1.54) is 11.8 Å². The van der Waals surface area contributed by atoms with Crippen LogP contribution < -0.4 is 10.6 Å². The molecular weight excluding hydrogens is 260 g/mol. The fourth-order valence-electron chi connectivity index (χ4n) is 1.07. The first-order chi connectivity index (χ1) is 8.51. The molecule has 0 saturated carbocycles. The van der Waals surface area contributed by atoms with Gasteiger partial charge in [0, 0.05) is 0 Å². The zero-order chi connectivity index (χ0) is 14.0. The highest BCUT2D eigenvalue weighted by molar-refractivity contribution is 7.98. The number of ether oxygens (including phenoxy) is 1. The topological polar surface area (TPSA) is 105 Å². The van der Waals surface area contributed by atoms with Gasteiger partial charge < -0.3 is 20.5 Å². The largest absolute Gasteiger partial charge is 0.480 e. The standard InChI is InChI=1S/C10H18N2O5S/c1-3-17-8(13)6-11-10(16)12-7(9(14)15)4-5-18-2/h7H,3-6H2,1-2H3,(H,14,15)(H2,11,12,16)/t7-/m1/s1. The van der Waals surface area contributed by atoms with Crippen molar-refractivity contribution in [3.8, 4) is 0 Å². The van der Waals surface area contributed by atoms with Gasteiger partial charge in [0.2, 0.25) is 0 Å². The lowest BCUT2D eigenvalue weighted by Gasteiger charge is -2.14. The van der Waals surface area contributed by atoms with Crippen LogP contribution in [0.2, 0.25) is 0 Å². The van der Waals surface area contributed by atoms with Crippen molar-refractivity contribution in [2.24, 2.45) is 0 Å². The van der Waals surface area contributed by atoms with E-state index in [-0.39, 0.29) is 13.2 Å². The monoisotopic (exact) mass is 278 g/mol. The van der Waals surface area contributed by atoms with Crippen LogP contribution in [0.1, 0.15) is 13.3 Å². The predicted octanol–water partition coefficient (Wildman–Crippen LogP) is 0.0550. The van der Waals surface area contributed by atoms with Crippen LogP contribution >= 0.6 is 11.8 Å². The number of carbonyl (C=O) groups is 3. The number of hydrogen-bond acceptors (Lipinski definition) is 5. The normalized spacial score (nSPS) is 11.4. The van der Waals surface area contributed by atoms with E-state index in [9.17, 15) is 14.4 Å². The molecule has 0 heterocycles. The first-order valence-electron chi connectivity index (χ1n) is 5.43. The lowest BCUT2D eigenvalue weighted by molar-refractivity contribution is -0.141. The number of esters is 1. The van der Waals surface area contributed by atoms with E-state index in [0.29, 0.717) is 12.2 Å². The van der Waals surface area contributed by atoms with Crippen LogP contribution in [0.3, 0.4) is 0 Å². The summed E-state index contributed by atoms with van der Waals surface area (Å²) in [5.41, 5.74) is 0. The minimum atomic E-state index is -1.10. The third-order valence-corrected chi connectivity index (χ3v) is 2.56. The molecule has 0 unspecified atom stereocenters. The molecule has 0 aromatic rings. The van der Waals surface area contributed by atoms with E-state index >= 15 is 0 Å². The smallest absolute Gasteiger partial charge is 0.326 e. The maximum Gasteiger partial charge on any atom is 0.326 e. The highest BCUT2D eigenvalue weighted by Crippen LogP contribution is 2.00. The Kier molecular flexibility index (Phi) is 8.81. The Balaban J connectivity index is 4.02. The summed E-state index contributed by atoms with van der Waals surface area (Å²) in [6.45, 7) is 1.60. The van der Waals surface area contributed by atoms with Gasteiger partial charge in [-0.25, -0.2) is 9.59 Å². The summed E-state index contributed by atoms with van der Waals surface area (Å²) < 4.78 is 4.61. The first-order valence-corrected chi connectivity index (χ1v) is 6.82. The summed E-state index contributed by atoms with van der Waals surface area (Å²) in [5.74, 6) is -1.05. The van der Waals surface area contributed by atoms with Gasteiger partial charge in [-0.05, 0) is 25.4 Å². The molecular formula is C10H18N2O5S. The quantitative estimate of drug-likeness (QED) is 0.542. The second-order valence-electron chi connectivity index (χ2n) is 3.30. The molecule has 0 rings (SSSR count). The molecule has 2 amide bonds. The molecule has 0 saturated heterocycles. The Morgan fingerprint density at radius 3 is 2.56 bits per heavy atom. The molecule has 3 N–H and O–H groups in total. The van der Waals surface area contributed by atoms with Gasteiger partial charge in [0.05, 0.1) is 6.61 Å². The van der Waals surface area contributed by atoms with Crippen molar-refractivity contribution >= 4 is 29.7 Å². The predicted molar refractivity (Wildman–Crippen MR) is 67.6 cm³/mol. The van der Waals surface area contributed by atoms with E-state index in [4.69, 9.17) is 5.11 Å². The third-order valence-electron chi connectivity index (χ3n) is 1.91. The summed E-state index contributed by atoms with van der Waals surface area (Å²) in [5, 5.41) is 13.4. The maximum absolute atomic E-state index is 11.3. The molecule has 8 heteroatoms. The Morgan fingerprint density at radius 1 is 1.39 bits per heavy atom. The first kappa shape index (κ1) is 16.6. The maximum atomic E-state index is 11.3. The number of aliphatic carboxylic acids is 1. The Bertz CT molecular complexity index is 298. The van der Waals surface area contributed by atoms with Gasteiger partial charge in [-0.3, -0.25) is 4.79 Å². The molecule has 0 aliphatic heterocycles. The van der Waals surface area contributed by atoms with Gasteiger partial charge in [0.15, 0.2) is 0 Å². The fourth-order valence-corrected chi connectivity index (χ4v) is 1.54. The van der Waals surface area contributed by atoms with E-state index < -0.39 is 24.0 Å². The van der Waals surface area contributed by atoms with Crippen molar-refractivity contribution < 1.29 is 24.2 Å². The van der Waals surface area contributed by atoms with Gasteiger partial charge in [-0.1, -0.05) is 0 Å². The molecule has 18 heavy (non-hydrogen) atoms. The molecule has 0 radical (unpaired) electrons. The van der Waals surface area contributed by atoms with Crippen LogP contribution in [-0.2, 0) is 14.3 Å². The fraction of sp³-hybridized carbons (Fsp3) is 0.700. The van der Waals surface area contributed by atoms with E-state index in [2.05, 4.69) is 15.4 Å². The van der Waals surface area contributed by atoms with Crippen molar-refractivity contribution in [2.45, 2.75) is 19.4 Å². The number of carboxylic acid groups (broad SMARTS) is 1. The Labute approximate surface area is 110 Å². The average Bonchev–Trinajstić information content (AvgIpc) is 2.32. The molecule has 1 atom stereocenters. The van der Waals surface area contributed by atoms with Gasteiger partial charge in [-0.15, -0.1) is 0 Å². The third kappa shape index (κ3) is 7.77. The lowest BCUT2D eigenvalue weighted by atomic mass is 10.2. The van der Waals surface area contributed by atoms with E-state index in [1.807, 2.05) is 6.26 Å². The molecule has 0 fully saturated rings. The van der Waals surface area contributed by atoms with Crippen LogP contribution in [0.4, 0.5) is 4.79 Å². The SMILES string of the molecule is CCOC(=O)CNC(=O)N[C@H](CCSC)C(=O)O. The molecule has 0 spiro atoms. The molecule has 7 nitrogen and oxygen atoms in total. The van der Waals surface area contributed by atoms with Crippen molar-refractivity contribution in [1.82, 2.24) is 10.6 Å². The zero-order valence-corrected chi connectivity index (χ0v) is 11.2. The van der Waals surface area contributed by atoms with E-state index in [1.54, 1.807) is 6.92 Å². The summed E-state index contributed by atoms with van der Waals surface area (Å²) in [4.78, 5) is 33.1. The Hall–Kier alpha value is -1.44. The number of amides is 2. The number of urea groups is 1.